The lowest BCUT2D eigenvalue weighted by molar-refractivity contribution is -0.141. The molecule has 1 N–H and O–H groups in total. The van der Waals surface area contributed by atoms with Crippen molar-refractivity contribution in [3.05, 3.63) is 0 Å². The van der Waals surface area contributed by atoms with Gasteiger partial charge in [-0.1, -0.05) is 6.92 Å². The Hall–Kier alpha value is -1.26. The fourth-order valence-corrected chi connectivity index (χ4v) is 2.40. The highest BCUT2D eigenvalue weighted by molar-refractivity contribution is 5.71. The van der Waals surface area contributed by atoms with Gasteiger partial charge in [-0.25, -0.2) is 4.79 Å². The Balaban J connectivity index is 2.62. The van der Waals surface area contributed by atoms with E-state index in [1.165, 1.54) is 0 Å². The molecule has 1 aliphatic rings. The van der Waals surface area contributed by atoms with E-state index in [1.54, 1.807) is 4.90 Å². The lowest BCUT2D eigenvalue weighted by Crippen LogP contribution is -2.41. The van der Waals surface area contributed by atoms with Gasteiger partial charge in [0, 0.05) is 12.6 Å². The monoisotopic (exact) mass is 257 g/mol. The minimum atomic E-state index is -0.758. The van der Waals surface area contributed by atoms with E-state index in [9.17, 15) is 9.59 Å². The Morgan fingerprint density at radius 2 is 2.06 bits per heavy atom. The third kappa shape index (κ3) is 3.89. The summed E-state index contributed by atoms with van der Waals surface area (Å²) in [5, 5.41) is 8.99. The Morgan fingerprint density at radius 3 is 2.50 bits per heavy atom. The number of amides is 1. The van der Waals surface area contributed by atoms with Crippen molar-refractivity contribution >= 4 is 12.1 Å². The number of nitrogens with zero attached hydrogens (tertiary/aromatic N) is 1. The van der Waals surface area contributed by atoms with Crippen LogP contribution in [0.3, 0.4) is 0 Å². The number of ether oxygens (including phenoxy) is 1. The smallest absolute Gasteiger partial charge is 0.410 e. The molecule has 1 aliphatic carbocycles. The number of carbonyl (C=O) groups is 2. The van der Waals surface area contributed by atoms with Crippen molar-refractivity contribution in [2.45, 2.75) is 58.6 Å². The molecule has 1 amide bonds. The van der Waals surface area contributed by atoms with E-state index in [4.69, 9.17) is 9.84 Å². The molecule has 104 valence electrons. The van der Waals surface area contributed by atoms with E-state index in [0.29, 0.717) is 19.4 Å². The fourth-order valence-electron chi connectivity index (χ4n) is 2.40. The second-order valence-corrected chi connectivity index (χ2v) is 5.13. The first-order valence-corrected chi connectivity index (χ1v) is 6.65. The van der Waals surface area contributed by atoms with Gasteiger partial charge in [-0.2, -0.15) is 0 Å². The summed E-state index contributed by atoms with van der Waals surface area (Å²) in [6.07, 6.45) is 2.33. The molecule has 0 heterocycles. The third-order valence-electron chi connectivity index (χ3n) is 3.23. The van der Waals surface area contributed by atoms with Crippen LogP contribution in [0, 0.1) is 5.92 Å². The highest BCUT2D eigenvalue weighted by atomic mass is 16.6. The molecule has 2 atom stereocenters. The van der Waals surface area contributed by atoms with Gasteiger partial charge in [0.05, 0.1) is 12.0 Å². The van der Waals surface area contributed by atoms with Crippen molar-refractivity contribution in [2.75, 3.05) is 6.54 Å². The minimum absolute atomic E-state index is 0.0114. The van der Waals surface area contributed by atoms with Gasteiger partial charge in [-0.3, -0.25) is 4.79 Å². The van der Waals surface area contributed by atoms with Gasteiger partial charge in [0.25, 0.3) is 0 Å². The molecule has 0 saturated heterocycles. The Morgan fingerprint density at radius 1 is 1.39 bits per heavy atom. The van der Waals surface area contributed by atoms with E-state index >= 15 is 0 Å². The van der Waals surface area contributed by atoms with Gasteiger partial charge in [0.2, 0.25) is 0 Å². The molecule has 1 rings (SSSR count). The second kappa shape index (κ2) is 6.61. The molecule has 5 nitrogen and oxygen atoms in total. The van der Waals surface area contributed by atoms with Crippen LogP contribution in [0.5, 0.6) is 0 Å². The minimum Gasteiger partial charge on any atom is -0.481 e. The van der Waals surface area contributed by atoms with Crippen LogP contribution in [0.1, 0.15) is 46.5 Å². The predicted octanol–water partition coefficient (Wildman–Crippen LogP) is 2.50. The molecule has 0 aliphatic heterocycles. The van der Waals surface area contributed by atoms with Gasteiger partial charge in [-0.15, -0.1) is 0 Å². The first-order valence-electron chi connectivity index (χ1n) is 6.65. The van der Waals surface area contributed by atoms with Crippen LogP contribution in [0.2, 0.25) is 0 Å². The fraction of sp³-hybridized carbons (Fsp3) is 0.846. The van der Waals surface area contributed by atoms with Gasteiger partial charge < -0.3 is 14.7 Å². The van der Waals surface area contributed by atoms with Gasteiger partial charge in [0.15, 0.2) is 0 Å². The number of aliphatic carboxylic acids is 1. The van der Waals surface area contributed by atoms with Crippen molar-refractivity contribution in [3.8, 4) is 0 Å². The molecule has 18 heavy (non-hydrogen) atoms. The van der Waals surface area contributed by atoms with Crippen molar-refractivity contribution in [1.82, 2.24) is 4.90 Å². The van der Waals surface area contributed by atoms with Crippen LogP contribution in [0.15, 0.2) is 0 Å². The highest BCUT2D eigenvalue weighted by Gasteiger charge is 2.35. The maximum atomic E-state index is 12.0. The van der Waals surface area contributed by atoms with E-state index in [1.807, 2.05) is 20.8 Å². The molecule has 0 aromatic heterocycles. The summed E-state index contributed by atoms with van der Waals surface area (Å²) in [6.45, 7) is 6.26. The first kappa shape index (κ1) is 14.8. The summed E-state index contributed by atoms with van der Waals surface area (Å²) in [7, 11) is 0. The van der Waals surface area contributed by atoms with Crippen LogP contribution in [0.25, 0.3) is 0 Å². The van der Waals surface area contributed by atoms with Gasteiger partial charge in [-0.05, 0) is 39.5 Å². The summed E-state index contributed by atoms with van der Waals surface area (Å²) in [4.78, 5) is 24.6. The normalized spacial score (nSPS) is 23.1. The molecule has 0 aromatic carbocycles. The molecule has 0 spiro atoms. The zero-order chi connectivity index (χ0) is 13.7. The molecule has 1 saturated carbocycles. The Bertz CT molecular complexity index is 303. The first-order chi connectivity index (χ1) is 8.45. The van der Waals surface area contributed by atoms with Crippen molar-refractivity contribution in [3.63, 3.8) is 0 Å². The zero-order valence-electron chi connectivity index (χ0n) is 11.4. The third-order valence-corrected chi connectivity index (χ3v) is 3.23. The summed E-state index contributed by atoms with van der Waals surface area (Å²) < 4.78 is 5.21. The Labute approximate surface area is 108 Å². The number of hydrogen-bond acceptors (Lipinski definition) is 3. The molecule has 5 heteroatoms. The molecular formula is C13H23NO4. The number of carboxylic acids is 1. The number of carboxylic acid groups (broad SMARTS) is 1. The molecule has 2 unspecified atom stereocenters. The topological polar surface area (TPSA) is 66.8 Å². The van der Waals surface area contributed by atoms with Crippen molar-refractivity contribution in [2.24, 2.45) is 5.92 Å². The maximum absolute atomic E-state index is 12.0. The average molecular weight is 257 g/mol. The van der Waals surface area contributed by atoms with Crippen LogP contribution in [0.4, 0.5) is 4.79 Å². The molecule has 1 fully saturated rings. The molecule has 0 bridgehead atoms. The van der Waals surface area contributed by atoms with E-state index in [2.05, 4.69) is 0 Å². The van der Waals surface area contributed by atoms with E-state index in [-0.39, 0.29) is 24.2 Å². The largest absolute Gasteiger partial charge is 0.481 e. The predicted molar refractivity (Wildman–Crippen MR) is 67.4 cm³/mol. The average Bonchev–Trinajstić information content (AvgIpc) is 2.73. The van der Waals surface area contributed by atoms with Crippen LogP contribution < -0.4 is 0 Å². The summed E-state index contributed by atoms with van der Waals surface area (Å²) in [5.41, 5.74) is 0. The highest BCUT2D eigenvalue weighted by Crippen LogP contribution is 2.30. The number of carbonyl (C=O) groups excluding carboxylic acids is 1. The van der Waals surface area contributed by atoms with E-state index < -0.39 is 5.97 Å². The van der Waals surface area contributed by atoms with Crippen molar-refractivity contribution < 1.29 is 19.4 Å². The van der Waals surface area contributed by atoms with Gasteiger partial charge in [0.1, 0.15) is 0 Å². The molecule has 0 aromatic rings. The van der Waals surface area contributed by atoms with Crippen LogP contribution in [-0.2, 0) is 9.53 Å². The standard InChI is InChI=1S/C13H23NO4/c1-4-7-14(13(17)18-9(2)3)11-6-5-10(8-11)12(15)16/h9-11H,4-8H2,1-3H3,(H,15,16). The lowest BCUT2D eigenvalue weighted by Gasteiger charge is -2.28. The van der Waals surface area contributed by atoms with Crippen LogP contribution in [-0.4, -0.2) is 40.8 Å². The van der Waals surface area contributed by atoms with E-state index in [0.717, 1.165) is 12.8 Å². The molecular weight excluding hydrogens is 234 g/mol. The summed E-state index contributed by atoms with van der Waals surface area (Å²) >= 11 is 0. The number of hydrogen-bond donors (Lipinski definition) is 1. The SMILES string of the molecule is CCCN(C(=O)OC(C)C)C1CCC(C(=O)O)C1. The number of rotatable bonds is 5. The van der Waals surface area contributed by atoms with Crippen molar-refractivity contribution in [1.29, 1.82) is 0 Å². The summed E-state index contributed by atoms with van der Waals surface area (Å²) in [5.74, 6) is -1.08. The maximum Gasteiger partial charge on any atom is 0.410 e. The summed E-state index contributed by atoms with van der Waals surface area (Å²) in [6, 6.07) is 0.0114. The lowest BCUT2D eigenvalue weighted by atomic mass is 10.1. The van der Waals surface area contributed by atoms with Crippen LogP contribution >= 0.6 is 0 Å². The zero-order valence-corrected chi connectivity index (χ0v) is 11.4. The Kier molecular flexibility index (Phi) is 5.44. The van der Waals surface area contributed by atoms with Gasteiger partial charge >= 0.3 is 12.1 Å². The quantitative estimate of drug-likeness (QED) is 0.821. The second-order valence-electron chi connectivity index (χ2n) is 5.13. The molecule has 0 radical (unpaired) electrons.